The zero-order valence-corrected chi connectivity index (χ0v) is 13.8. The second-order valence-corrected chi connectivity index (χ2v) is 5.88. The fourth-order valence-electron chi connectivity index (χ4n) is 3.07. The molecular formula is C17H17FN6O. The van der Waals surface area contributed by atoms with Crippen LogP contribution in [0.4, 0.5) is 4.39 Å². The number of fused-ring (bicyclic) bond motifs is 1. The molecule has 0 aliphatic carbocycles. The van der Waals surface area contributed by atoms with Gasteiger partial charge in [0.05, 0.1) is 6.54 Å². The first-order valence-corrected chi connectivity index (χ1v) is 8.17. The van der Waals surface area contributed by atoms with E-state index in [1.165, 1.54) is 10.7 Å². The van der Waals surface area contributed by atoms with Crippen molar-refractivity contribution in [1.29, 1.82) is 0 Å². The van der Waals surface area contributed by atoms with Crippen molar-refractivity contribution in [2.24, 2.45) is 0 Å². The fourth-order valence-corrected chi connectivity index (χ4v) is 3.07. The number of benzene rings is 1. The number of hydrogen-bond donors (Lipinski definition) is 0. The second kappa shape index (κ2) is 6.12. The molecule has 0 saturated carbocycles. The standard InChI is InChI=1S/C17H17FN6O/c1-2-15-20-21-16-11-22(8-9-23(15)16)17(25)12-4-5-14(13(18)10-12)24-7-3-6-19-24/h3-7,10H,2,8-9,11H2,1H3. The molecule has 25 heavy (non-hydrogen) atoms. The van der Waals surface area contributed by atoms with Gasteiger partial charge in [0.15, 0.2) is 5.82 Å². The van der Waals surface area contributed by atoms with Gasteiger partial charge in [-0.25, -0.2) is 9.07 Å². The van der Waals surface area contributed by atoms with Gasteiger partial charge in [-0.05, 0) is 24.3 Å². The lowest BCUT2D eigenvalue weighted by Gasteiger charge is -2.28. The Morgan fingerprint density at radius 2 is 2.16 bits per heavy atom. The Labute approximate surface area is 143 Å². The molecule has 0 bridgehead atoms. The van der Waals surface area contributed by atoms with Gasteiger partial charge in [-0.1, -0.05) is 6.92 Å². The van der Waals surface area contributed by atoms with Crippen LogP contribution in [-0.4, -0.2) is 41.9 Å². The summed E-state index contributed by atoms with van der Waals surface area (Å²) in [6, 6.07) is 6.17. The van der Waals surface area contributed by atoms with Crippen molar-refractivity contribution in [1.82, 2.24) is 29.4 Å². The van der Waals surface area contributed by atoms with Crippen LogP contribution in [0.3, 0.4) is 0 Å². The summed E-state index contributed by atoms with van der Waals surface area (Å²) in [5, 5.41) is 12.3. The lowest BCUT2D eigenvalue weighted by molar-refractivity contribution is 0.0706. The number of carbonyl (C=O) groups excluding carboxylic acids is 1. The first-order valence-electron chi connectivity index (χ1n) is 8.17. The Hall–Kier alpha value is -3.03. The van der Waals surface area contributed by atoms with Crippen LogP contribution in [-0.2, 0) is 19.5 Å². The van der Waals surface area contributed by atoms with Crippen LogP contribution < -0.4 is 0 Å². The predicted molar refractivity (Wildman–Crippen MR) is 87.7 cm³/mol. The highest BCUT2D eigenvalue weighted by Gasteiger charge is 2.25. The first-order chi connectivity index (χ1) is 12.2. The van der Waals surface area contributed by atoms with Gasteiger partial charge in [0.2, 0.25) is 0 Å². The fraction of sp³-hybridized carbons (Fsp3) is 0.294. The van der Waals surface area contributed by atoms with Crippen LogP contribution in [0, 0.1) is 5.82 Å². The maximum Gasteiger partial charge on any atom is 0.254 e. The van der Waals surface area contributed by atoms with E-state index in [1.807, 2.05) is 11.5 Å². The third-order valence-electron chi connectivity index (χ3n) is 4.38. The minimum Gasteiger partial charge on any atom is -0.329 e. The largest absolute Gasteiger partial charge is 0.329 e. The average Bonchev–Trinajstić information content (AvgIpc) is 3.30. The molecule has 4 rings (SSSR count). The summed E-state index contributed by atoms with van der Waals surface area (Å²) in [5.41, 5.74) is 0.629. The highest BCUT2D eigenvalue weighted by atomic mass is 19.1. The predicted octanol–water partition coefficient (Wildman–Crippen LogP) is 1.82. The summed E-state index contributed by atoms with van der Waals surface area (Å²) in [6.07, 6.45) is 4.04. The summed E-state index contributed by atoms with van der Waals surface area (Å²) < 4.78 is 17.8. The van der Waals surface area contributed by atoms with Crippen molar-refractivity contribution in [3.05, 3.63) is 59.7 Å². The number of rotatable bonds is 3. The number of aromatic nitrogens is 5. The molecule has 3 heterocycles. The van der Waals surface area contributed by atoms with Gasteiger partial charge in [0.25, 0.3) is 5.91 Å². The molecule has 128 valence electrons. The molecule has 3 aromatic rings. The molecule has 1 amide bonds. The van der Waals surface area contributed by atoms with Crippen LogP contribution in [0.25, 0.3) is 5.69 Å². The van der Waals surface area contributed by atoms with Crippen molar-refractivity contribution in [3.63, 3.8) is 0 Å². The van der Waals surface area contributed by atoms with Crippen LogP contribution >= 0.6 is 0 Å². The van der Waals surface area contributed by atoms with Gasteiger partial charge in [0.1, 0.15) is 17.3 Å². The second-order valence-electron chi connectivity index (χ2n) is 5.88. The smallest absolute Gasteiger partial charge is 0.254 e. The van der Waals surface area contributed by atoms with E-state index in [1.54, 1.807) is 35.5 Å². The van der Waals surface area contributed by atoms with Crippen molar-refractivity contribution >= 4 is 5.91 Å². The maximum absolute atomic E-state index is 14.4. The molecule has 1 aliphatic rings. The Kier molecular flexibility index (Phi) is 3.79. The number of amides is 1. The van der Waals surface area contributed by atoms with Gasteiger partial charge >= 0.3 is 0 Å². The third kappa shape index (κ3) is 2.69. The van der Waals surface area contributed by atoms with E-state index in [-0.39, 0.29) is 5.91 Å². The van der Waals surface area contributed by atoms with Gasteiger partial charge in [-0.2, -0.15) is 5.10 Å². The van der Waals surface area contributed by atoms with E-state index in [0.29, 0.717) is 30.9 Å². The Bertz CT molecular complexity index is 917. The Balaban J connectivity index is 1.56. The molecule has 0 unspecified atom stereocenters. The van der Waals surface area contributed by atoms with Gasteiger partial charge in [0, 0.05) is 37.5 Å². The molecule has 0 fully saturated rings. The summed E-state index contributed by atoms with van der Waals surface area (Å²) in [6.45, 7) is 3.62. The highest BCUT2D eigenvalue weighted by molar-refractivity contribution is 5.94. The highest BCUT2D eigenvalue weighted by Crippen LogP contribution is 2.19. The molecule has 0 saturated heterocycles. The molecule has 7 nitrogen and oxygen atoms in total. The lowest BCUT2D eigenvalue weighted by Crippen LogP contribution is -2.38. The molecule has 0 radical (unpaired) electrons. The number of halogens is 1. The molecule has 0 atom stereocenters. The quantitative estimate of drug-likeness (QED) is 0.729. The molecular weight excluding hydrogens is 323 g/mol. The van der Waals surface area contributed by atoms with Gasteiger partial charge in [-0.3, -0.25) is 4.79 Å². The molecule has 0 spiro atoms. The van der Waals surface area contributed by atoms with E-state index in [4.69, 9.17) is 0 Å². The Morgan fingerprint density at radius 1 is 1.28 bits per heavy atom. The molecule has 0 N–H and O–H groups in total. The van der Waals surface area contributed by atoms with Crippen molar-refractivity contribution < 1.29 is 9.18 Å². The van der Waals surface area contributed by atoms with Gasteiger partial charge < -0.3 is 9.47 Å². The number of hydrogen-bond acceptors (Lipinski definition) is 4. The van der Waals surface area contributed by atoms with Crippen LogP contribution in [0.1, 0.15) is 28.9 Å². The first kappa shape index (κ1) is 15.5. The number of nitrogens with zero attached hydrogens (tertiary/aromatic N) is 6. The van der Waals surface area contributed by atoms with Crippen LogP contribution in [0.5, 0.6) is 0 Å². The van der Waals surface area contributed by atoms with E-state index >= 15 is 0 Å². The van der Waals surface area contributed by atoms with E-state index in [2.05, 4.69) is 15.3 Å². The van der Waals surface area contributed by atoms with Gasteiger partial charge in [-0.15, -0.1) is 10.2 Å². The number of carbonyl (C=O) groups is 1. The molecule has 2 aromatic heterocycles. The average molecular weight is 340 g/mol. The van der Waals surface area contributed by atoms with Crippen LogP contribution in [0.2, 0.25) is 0 Å². The molecule has 1 aliphatic heterocycles. The van der Waals surface area contributed by atoms with Crippen molar-refractivity contribution in [3.8, 4) is 5.69 Å². The minimum absolute atomic E-state index is 0.210. The van der Waals surface area contributed by atoms with Crippen molar-refractivity contribution in [2.45, 2.75) is 26.4 Å². The van der Waals surface area contributed by atoms with E-state index < -0.39 is 5.82 Å². The van der Waals surface area contributed by atoms with Crippen LogP contribution in [0.15, 0.2) is 36.7 Å². The number of aryl methyl sites for hydroxylation is 1. The zero-order chi connectivity index (χ0) is 17.4. The summed E-state index contributed by atoms with van der Waals surface area (Å²) in [4.78, 5) is 14.4. The molecule has 1 aromatic carbocycles. The topological polar surface area (TPSA) is 68.8 Å². The Morgan fingerprint density at radius 3 is 2.88 bits per heavy atom. The van der Waals surface area contributed by atoms with Crippen molar-refractivity contribution in [2.75, 3.05) is 6.54 Å². The monoisotopic (exact) mass is 340 g/mol. The lowest BCUT2D eigenvalue weighted by atomic mass is 10.1. The summed E-state index contributed by atoms with van der Waals surface area (Å²) in [7, 11) is 0. The van der Waals surface area contributed by atoms with E-state index in [9.17, 15) is 9.18 Å². The normalized spacial score (nSPS) is 13.8. The third-order valence-corrected chi connectivity index (χ3v) is 4.38. The maximum atomic E-state index is 14.4. The zero-order valence-electron chi connectivity index (χ0n) is 13.8. The van der Waals surface area contributed by atoms with E-state index in [0.717, 1.165) is 18.1 Å². The summed E-state index contributed by atoms with van der Waals surface area (Å²) >= 11 is 0. The summed E-state index contributed by atoms with van der Waals surface area (Å²) in [5.74, 6) is 1.00. The molecule has 8 heteroatoms. The SMILES string of the molecule is CCc1nnc2n1CCN(C(=O)c1ccc(-n3cccn3)c(F)c1)C2. The minimum atomic E-state index is -0.483.